The van der Waals surface area contributed by atoms with Gasteiger partial charge in [-0.25, -0.2) is 0 Å². The van der Waals surface area contributed by atoms with Crippen LogP contribution in [0.2, 0.25) is 5.02 Å². The van der Waals surface area contributed by atoms with Gasteiger partial charge in [-0.05, 0) is 54.2 Å². The Labute approximate surface area is 192 Å². The van der Waals surface area contributed by atoms with Crippen molar-refractivity contribution in [3.63, 3.8) is 0 Å². The molecule has 2 fully saturated rings. The number of ether oxygens (including phenoxy) is 3. The summed E-state index contributed by atoms with van der Waals surface area (Å²) < 4.78 is 16.9. The van der Waals surface area contributed by atoms with Crippen LogP contribution in [0.4, 0.5) is 0 Å². The lowest BCUT2D eigenvalue weighted by Gasteiger charge is -2.40. The standard InChI is InChI=1S/C24H29ClO7/c25-19-8-3-15(24-23(29)22(28)21(27)20(13-26)32-24)12-16(19)11-14-1-4-17(5-2-14)30-9-10-31-18-6-7-18/h1-5,8,12,18,20-24,26-29H,6-7,9-11,13H2/t20?,21?,22?,23?,24-/m1/s1. The molecule has 174 valence electrons. The van der Waals surface area contributed by atoms with Gasteiger partial charge < -0.3 is 34.6 Å². The highest BCUT2D eigenvalue weighted by Gasteiger charge is 2.44. The molecule has 1 saturated heterocycles. The van der Waals surface area contributed by atoms with Crippen LogP contribution < -0.4 is 4.74 Å². The third-order valence-corrected chi connectivity index (χ3v) is 6.21. The zero-order valence-electron chi connectivity index (χ0n) is 17.6. The molecule has 4 unspecified atom stereocenters. The Morgan fingerprint density at radius 3 is 2.38 bits per heavy atom. The fourth-order valence-electron chi connectivity index (χ4n) is 3.82. The summed E-state index contributed by atoms with van der Waals surface area (Å²) in [5.74, 6) is 0.773. The monoisotopic (exact) mass is 464 g/mol. The molecule has 8 heteroatoms. The van der Waals surface area contributed by atoms with Gasteiger partial charge in [0.1, 0.15) is 42.9 Å². The van der Waals surface area contributed by atoms with E-state index in [1.54, 1.807) is 12.1 Å². The van der Waals surface area contributed by atoms with E-state index < -0.39 is 37.1 Å². The molecular weight excluding hydrogens is 436 g/mol. The molecule has 0 amide bonds. The Kier molecular flexibility index (Phi) is 7.68. The largest absolute Gasteiger partial charge is 0.491 e. The third kappa shape index (κ3) is 5.61. The van der Waals surface area contributed by atoms with Gasteiger partial charge in [0.25, 0.3) is 0 Å². The van der Waals surface area contributed by atoms with Crippen molar-refractivity contribution in [3.8, 4) is 5.75 Å². The molecule has 1 heterocycles. The van der Waals surface area contributed by atoms with E-state index in [1.165, 1.54) is 0 Å². The van der Waals surface area contributed by atoms with Crippen molar-refractivity contribution in [2.24, 2.45) is 0 Å². The molecule has 1 aliphatic heterocycles. The van der Waals surface area contributed by atoms with Gasteiger partial charge in [0.05, 0.1) is 19.3 Å². The fraction of sp³-hybridized carbons (Fsp3) is 0.500. The van der Waals surface area contributed by atoms with Crippen molar-refractivity contribution >= 4 is 11.6 Å². The number of aliphatic hydroxyl groups excluding tert-OH is 4. The highest BCUT2D eigenvalue weighted by atomic mass is 35.5. The normalized spacial score (nSPS) is 28.0. The molecule has 7 nitrogen and oxygen atoms in total. The average Bonchev–Trinajstić information content (AvgIpc) is 3.63. The molecule has 2 aromatic carbocycles. The lowest BCUT2D eigenvalue weighted by Crippen LogP contribution is -2.55. The number of halogens is 1. The van der Waals surface area contributed by atoms with Gasteiger partial charge in [0.15, 0.2) is 0 Å². The third-order valence-electron chi connectivity index (χ3n) is 5.84. The SMILES string of the molecule is OCC1O[C@H](c2ccc(Cl)c(Cc3ccc(OCCOC4CC4)cc3)c2)C(O)C(O)C1O. The summed E-state index contributed by atoms with van der Waals surface area (Å²) in [7, 11) is 0. The number of rotatable bonds is 9. The van der Waals surface area contributed by atoms with Gasteiger partial charge >= 0.3 is 0 Å². The van der Waals surface area contributed by atoms with Crippen LogP contribution in [0.3, 0.4) is 0 Å². The molecule has 32 heavy (non-hydrogen) atoms. The first-order valence-corrected chi connectivity index (χ1v) is 11.3. The van der Waals surface area contributed by atoms with Crippen molar-refractivity contribution in [1.29, 1.82) is 0 Å². The Morgan fingerprint density at radius 2 is 1.69 bits per heavy atom. The molecule has 1 aliphatic carbocycles. The van der Waals surface area contributed by atoms with E-state index in [0.29, 0.717) is 36.3 Å². The Balaban J connectivity index is 1.41. The predicted molar refractivity (Wildman–Crippen MR) is 118 cm³/mol. The van der Waals surface area contributed by atoms with E-state index in [0.717, 1.165) is 29.7 Å². The topological polar surface area (TPSA) is 109 Å². The maximum absolute atomic E-state index is 10.4. The van der Waals surface area contributed by atoms with Crippen LogP contribution in [0, 0.1) is 0 Å². The zero-order chi connectivity index (χ0) is 22.7. The van der Waals surface area contributed by atoms with Gasteiger partial charge in [-0.3, -0.25) is 0 Å². The van der Waals surface area contributed by atoms with Crippen LogP contribution in [0.15, 0.2) is 42.5 Å². The molecule has 0 radical (unpaired) electrons. The first-order valence-electron chi connectivity index (χ1n) is 10.9. The van der Waals surface area contributed by atoms with E-state index in [-0.39, 0.29) is 0 Å². The van der Waals surface area contributed by atoms with Gasteiger partial charge in [-0.2, -0.15) is 0 Å². The second-order valence-electron chi connectivity index (χ2n) is 8.34. The van der Waals surface area contributed by atoms with Crippen molar-refractivity contribution in [2.75, 3.05) is 19.8 Å². The minimum absolute atomic E-state index is 0.421. The van der Waals surface area contributed by atoms with Gasteiger partial charge in [0.2, 0.25) is 0 Å². The van der Waals surface area contributed by atoms with Gasteiger partial charge in [-0.15, -0.1) is 0 Å². The number of hydrogen-bond acceptors (Lipinski definition) is 7. The molecule has 4 N–H and O–H groups in total. The van der Waals surface area contributed by atoms with E-state index in [1.807, 2.05) is 30.3 Å². The lowest BCUT2D eigenvalue weighted by molar-refractivity contribution is -0.231. The summed E-state index contributed by atoms with van der Waals surface area (Å²) in [6.07, 6.45) is -2.73. The quantitative estimate of drug-likeness (QED) is 0.420. The summed E-state index contributed by atoms with van der Waals surface area (Å²) in [6, 6.07) is 13.0. The van der Waals surface area contributed by atoms with Crippen LogP contribution in [0.5, 0.6) is 5.75 Å². The minimum atomic E-state index is -1.42. The molecule has 2 aliphatic rings. The van der Waals surface area contributed by atoms with E-state index in [9.17, 15) is 20.4 Å². The molecule has 2 aromatic rings. The van der Waals surface area contributed by atoms with Crippen LogP contribution in [0.1, 0.15) is 35.6 Å². The Morgan fingerprint density at radius 1 is 0.938 bits per heavy atom. The van der Waals surface area contributed by atoms with Crippen LogP contribution in [-0.2, 0) is 15.9 Å². The summed E-state index contributed by atoms with van der Waals surface area (Å²) in [4.78, 5) is 0. The molecular formula is C24H29ClO7. The van der Waals surface area contributed by atoms with Crippen LogP contribution in [0.25, 0.3) is 0 Å². The summed E-state index contributed by atoms with van der Waals surface area (Å²) in [5, 5.41) is 40.5. The average molecular weight is 465 g/mol. The number of aliphatic hydroxyl groups is 4. The van der Waals surface area contributed by atoms with Crippen molar-refractivity contribution in [2.45, 2.75) is 55.9 Å². The second-order valence-corrected chi connectivity index (χ2v) is 8.75. The smallest absolute Gasteiger partial charge is 0.119 e. The van der Waals surface area contributed by atoms with E-state index >= 15 is 0 Å². The van der Waals surface area contributed by atoms with Gasteiger partial charge in [-0.1, -0.05) is 35.9 Å². The maximum Gasteiger partial charge on any atom is 0.119 e. The van der Waals surface area contributed by atoms with E-state index in [4.69, 9.17) is 25.8 Å². The second kappa shape index (κ2) is 10.5. The predicted octanol–water partition coefficient (Wildman–Crippen LogP) is 2.00. The van der Waals surface area contributed by atoms with Crippen molar-refractivity contribution < 1.29 is 34.6 Å². The summed E-state index contributed by atoms with van der Waals surface area (Å²) >= 11 is 6.40. The van der Waals surface area contributed by atoms with Crippen LogP contribution >= 0.6 is 11.6 Å². The Hall–Kier alpha value is -1.71. The highest BCUT2D eigenvalue weighted by molar-refractivity contribution is 6.31. The fourth-order valence-corrected chi connectivity index (χ4v) is 4.00. The van der Waals surface area contributed by atoms with Gasteiger partial charge in [0, 0.05) is 5.02 Å². The van der Waals surface area contributed by atoms with E-state index in [2.05, 4.69) is 0 Å². The summed E-state index contributed by atoms with van der Waals surface area (Å²) in [6.45, 7) is 0.638. The first-order chi connectivity index (χ1) is 15.5. The number of hydrogen-bond donors (Lipinski definition) is 4. The summed E-state index contributed by atoms with van der Waals surface area (Å²) in [5.41, 5.74) is 2.46. The van der Waals surface area contributed by atoms with Crippen molar-refractivity contribution in [1.82, 2.24) is 0 Å². The van der Waals surface area contributed by atoms with Crippen molar-refractivity contribution in [3.05, 3.63) is 64.2 Å². The Bertz CT molecular complexity index is 884. The molecule has 4 rings (SSSR count). The lowest BCUT2D eigenvalue weighted by atomic mass is 9.90. The minimum Gasteiger partial charge on any atom is -0.491 e. The van der Waals surface area contributed by atoms with Crippen LogP contribution in [-0.4, -0.2) is 70.8 Å². The first kappa shape index (κ1) is 23.4. The molecule has 0 spiro atoms. The zero-order valence-corrected chi connectivity index (χ0v) is 18.4. The molecule has 5 atom stereocenters. The molecule has 1 saturated carbocycles. The molecule has 0 aromatic heterocycles. The highest BCUT2D eigenvalue weighted by Crippen LogP contribution is 2.34. The maximum atomic E-state index is 10.4. The molecule has 0 bridgehead atoms. The number of benzene rings is 2.